The molecule has 622 valence electrons. The molecule has 2 fully saturated rings. The normalized spacial score (nSPS) is 18.3. The van der Waals surface area contributed by atoms with Gasteiger partial charge in [-0.25, -0.2) is 0 Å². The molecule has 42 atom stereocenters. The van der Waals surface area contributed by atoms with Gasteiger partial charge < -0.3 is 28.5 Å². The smallest absolute Gasteiger partial charge is 0.298 e. The zero-order chi connectivity index (χ0) is 82.2. The standard InChI is InChI=1S/C13H15ClN2O2.C7H3Cl2NO.C6H13NO.H72P70/c1-8-6-16(7-9(2)17-8)13-15-11-5-10(14)3-4-12(11)18-13;8-4-1-2-6-5(3-4)10-7(9)11-6;1-5-3-7-4-6(2)8-5;1-37(2)55(38(3)4)64(56(39(5)6)40(7)8)68(63(53(33)34)54(35)36)70(67(61(49(25)26)50(27)28)62(51(29)30)52(31)32)69(65(57(41(9)10)42(11)12)58(43(13)14)44(15)16)66(59(45(17)18)46(19)20)60(47(21)22)48(23)24/h3-5,8-9H,6-7H2,1-2H3;1-3H;5-7H,3-4H2,1-2H3;1-36H2/t8-,9+;;5-,6+;. The molecule has 107 heavy (non-hydrogen) atoms. The number of benzene rings is 2. The molecule has 4 aromatic rings. The van der Waals surface area contributed by atoms with Crippen LogP contribution in [0.15, 0.2) is 45.2 Å². The fourth-order valence-corrected chi connectivity index (χ4v) is 1030. The topological polar surface area (TPSA) is 85.8 Å². The summed E-state index contributed by atoms with van der Waals surface area (Å²) in [5.41, 5.74) is 2.90. The van der Waals surface area contributed by atoms with Crippen LogP contribution in [-0.2, 0) is 9.47 Å². The Balaban J connectivity index is 0.000000625. The zero-order valence-corrected chi connectivity index (χ0v) is 131. The molecule has 0 saturated carbocycles. The lowest BCUT2D eigenvalue weighted by Crippen LogP contribution is -2.45. The van der Waals surface area contributed by atoms with Crippen molar-refractivity contribution in [1.29, 1.82) is 0 Å². The second-order valence-electron chi connectivity index (χ2n) is 20.4. The van der Waals surface area contributed by atoms with E-state index in [4.69, 9.17) is 53.1 Å². The molecule has 6 rings (SSSR count). The van der Waals surface area contributed by atoms with E-state index < -0.39 is 0 Å². The van der Waals surface area contributed by atoms with Gasteiger partial charge in [-0.1, -0.05) is 23.2 Å². The average molecular weight is 2810 g/mol. The molecule has 38 unspecified atom stereocenters. The highest BCUT2D eigenvalue weighted by Gasteiger charge is 2.63. The Kier molecular flexibility index (Phi) is 82.7. The molecule has 0 bridgehead atoms. The quantitative estimate of drug-likeness (QED) is 0.0463. The highest BCUT2D eigenvalue weighted by molar-refractivity contribution is 9.56. The first-order chi connectivity index (χ1) is 49.4. The first-order valence-electron chi connectivity index (χ1n) is 28.1. The summed E-state index contributed by atoms with van der Waals surface area (Å²) in [6.45, 7) is 1.97. The van der Waals surface area contributed by atoms with E-state index in [1.807, 2.05) is 18.2 Å². The molecule has 4 heterocycles. The van der Waals surface area contributed by atoms with E-state index in [1.54, 1.807) is 18.2 Å². The summed E-state index contributed by atoms with van der Waals surface area (Å²) < 4.78 is 21.9. The van der Waals surface area contributed by atoms with Crippen molar-refractivity contribution in [2.75, 3.05) is 31.1 Å². The lowest BCUT2D eigenvalue weighted by atomic mass is 10.2. The summed E-state index contributed by atoms with van der Waals surface area (Å²) in [5.74, 6) is 0. The number of nitrogens with zero attached hydrogens (tertiary/aromatic N) is 3. The van der Waals surface area contributed by atoms with Crippen molar-refractivity contribution in [3.63, 3.8) is 0 Å². The van der Waals surface area contributed by atoms with Gasteiger partial charge in [-0.05, 0) is 313 Å². The van der Waals surface area contributed by atoms with Crippen LogP contribution >= 0.6 is 594 Å². The maximum Gasteiger partial charge on any atom is 0.298 e. The lowest BCUT2D eigenvalue weighted by Gasteiger charge is -2.61. The summed E-state index contributed by atoms with van der Waals surface area (Å²) in [6.07, 6.45) is 1.18. The average Bonchev–Trinajstić information content (AvgIpc) is 1.34. The fraction of sp³-hybridized carbons (Fsp3) is 0.462. The maximum atomic E-state index is 5.94. The predicted molar refractivity (Wildman–Crippen MR) is 733 cm³/mol. The number of ether oxygens (including phenoxy) is 2. The van der Waals surface area contributed by atoms with E-state index in [9.17, 15) is 0 Å². The number of morpholine rings is 2. The molecule has 0 spiro atoms. The van der Waals surface area contributed by atoms with E-state index in [0.717, 1.165) is 37.3 Å². The minimum atomic E-state index is -0.370. The summed E-state index contributed by atoms with van der Waals surface area (Å²) in [4.78, 5) is 10.5. The van der Waals surface area contributed by atoms with Gasteiger partial charge in [-0.2, -0.15) is 9.97 Å². The molecule has 2 aromatic heterocycles. The second kappa shape index (κ2) is 68.5. The zero-order valence-electron chi connectivity index (χ0n) is 57.2. The Labute approximate surface area is 779 Å². The third kappa shape index (κ3) is 44.9. The van der Waals surface area contributed by atoms with Gasteiger partial charge in [0.05, 0.1) is 24.4 Å². The Bertz CT molecular complexity index is 2930. The molecule has 2 aliphatic heterocycles. The van der Waals surface area contributed by atoms with Crippen LogP contribution in [0.3, 0.4) is 0 Å². The number of hydrogen-bond acceptors (Lipinski definition) is 8. The Morgan fingerprint density at radius 2 is 0.505 bits per heavy atom. The SMILES string of the molecule is C[C@@H]1CN(c2nc3cc(Cl)ccc3o2)C[C@H](C)O1.C[C@@H]1CNC[C@H](C)O1.Clc1ccc2oc(Cl)nc2c1.PP(P)P(P(P)P)P(P(P(P)P)P(P)P)P(P(P(P)P)P(P)P)P(P(P(P(P)P)P(P)P)P(P(P)P)P(P)P)P(P(P(P(P)P)P(P)P)P(P(P)P)P(P)P)P(P(P(P)P)P(P)P)P(P(P)P)P(P)P. The van der Waals surface area contributed by atoms with Crippen molar-refractivity contribution in [3.05, 3.63) is 51.8 Å². The molecule has 0 amide bonds. The van der Waals surface area contributed by atoms with Crippen LogP contribution in [0, 0.1) is 0 Å². The van der Waals surface area contributed by atoms with Crippen LogP contribution < -0.4 is 10.2 Å². The molecule has 1 N–H and O–H groups in total. The molecule has 0 aliphatic carbocycles. The predicted octanol–water partition coefficient (Wildman–Crippen LogP) is 47.6. The van der Waals surface area contributed by atoms with Gasteiger partial charge in [0, 0.05) is 36.2 Å². The highest BCUT2D eigenvalue weighted by atomic mass is 35.5. The molecule has 2 aliphatic rings. The largest absolute Gasteiger partial charge is 0.428 e. The number of hydrogen-bond donors (Lipinski definition) is 1. The minimum absolute atomic E-state index is 0.141. The summed E-state index contributed by atoms with van der Waals surface area (Å²) >= 11 is 17.2. The van der Waals surface area contributed by atoms with Crippen molar-refractivity contribution in [3.8, 4) is 0 Å². The van der Waals surface area contributed by atoms with Crippen molar-refractivity contribution in [2.45, 2.75) is 52.1 Å². The molecular formula is C26H103Cl3N4O4P70. The van der Waals surface area contributed by atoms with Gasteiger partial charge in [0.25, 0.3) is 11.4 Å². The highest BCUT2D eigenvalue weighted by Crippen LogP contribution is 3.50. The molecule has 2 aromatic carbocycles. The van der Waals surface area contributed by atoms with Crippen LogP contribution in [-0.4, -0.2) is 60.6 Å². The molecule has 2 saturated heterocycles. The van der Waals surface area contributed by atoms with Crippen molar-refractivity contribution < 1.29 is 18.3 Å². The minimum Gasteiger partial charge on any atom is -0.428 e. The van der Waals surface area contributed by atoms with Crippen LogP contribution in [0.2, 0.25) is 15.4 Å². The van der Waals surface area contributed by atoms with Crippen LogP contribution in [0.25, 0.3) is 22.2 Å². The van der Waals surface area contributed by atoms with Crippen molar-refractivity contribution >= 4 is 622 Å². The van der Waals surface area contributed by atoms with E-state index in [-0.39, 0.29) is 255 Å². The van der Waals surface area contributed by atoms with E-state index >= 15 is 0 Å². The Hall–Kier alpha value is 28.0. The van der Waals surface area contributed by atoms with Gasteiger partial charge in [-0.15, -0.1) is 321 Å². The first kappa shape index (κ1) is 129. The number of halogens is 3. The van der Waals surface area contributed by atoms with Crippen molar-refractivity contribution in [2.24, 2.45) is 0 Å². The van der Waals surface area contributed by atoms with E-state index in [2.05, 4.69) is 369 Å². The lowest BCUT2D eigenvalue weighted by molar-refractivity contribution is -0.0166. The maximum absolute atomic E-state index is 5.94. The number of oxazole rings is 2. The fourth-order valence-electron chi connectivity index (χ4n) is 8.45. The van der Waals surface area contributed by atoms with Crippen LogP contribution in [0.1, 0.15) is 27.7 Å². The first-order valence-corrected chi connectivity index (χ1v) is 156. The molecular weight excluding hydrogens is 2710 g/mol. The number of anilines is 1. The summed E-state index contributed by atoms with van der Waals surface area (Å²) in [6, 6.07) is 11.3. The number of rotatable bonds is 34. The summed E-state index contributed by atoms with van der Waals surface area (Å²) in [5, 5.41) is 4.70. The third-order valence-corrected chi connectivity index (χ3v) is 502. The van der Waals surface area contributed by atoms with Gasteiger partial charge in [0.2, 0.25) is 0 Å². The van der Waals surface area contributed by atoms with E-state index in [0.29, 0.717) is 39.4 Å². The Morgan fingerprint density at radius 3 is 0.729 bits per heavy atom. The van der Waals surface area contributed by atoms with Gasteiger partial charge in [0.1, 0.15) is 11.0 Å². The monoisotopic (exact) mass is 2810 g/mol. The van der Waals surface area contributed by atoms with Crippen molar-refractivity contribution in [1.82, 2.24) is 15.3 Å². The van der Waals surface area contributed by atoms with E-state index in [1.165, 1.54) is 0 Å². The number of fused-ring (bicyclic) bond motifs is 2. The van der Waals surface area contributed by atoms with Crippen LogP contribution in [0.4, 0.5) is 6.01 Å². The van der Waals surface area contributed by atoms with Gasteiger partial charge >= 0.3 is 0 Å². The second-order valence-corrected chi connectivity index (χ2v) is 311. The third-order valence-electron chi connectivity index (χ3n) is 11.8. The molecule has 81 heteroatoms. The molecule has 8 nitrogen and oxygen atoms in total. The van der Waals surface area contributed by atoms with Gasteiger partial charge in [-0.3, -0.25) is 0 Å². The number of nitrogens with one attached hydrogen (secondary N) is 1. The summed E-state index contributed by atoms with van der Waals surface area (Å²) in [7, 11) is 130. The van der Waals surface area contributed by atoms with Gasteiger partial charge in [0.15, 0.2) is 11.2 Å². The number of aromatic nitrogens is 2. The van der Waals surface area contributed by atoms with Crippen LogP contribution in [0.5, 0.6) is 0 Å². The Morgan fingerprint density at radius 1 is 0.299 bits per heavy atom. The molecule has 0 radical (unpaired) electrons.